The molecule has 0 spiro atoms. The van der Waals surface area contributed by atoms with Gasteiger partial charge in [0, 0.05) is 44.3 Å². The number of rotatable bonds is 5. The molecular weight excluding hydrogens is 268 g/mol. The smallest absolute Gasteiger partial charge is 0.300 e. The van der Waals surface area contributed by atoms with Crippen molar-refractivity contribution in [1.82, 2.24) is 15.2 Å². The number of nitrogen functional groups attached to an aromatic ring is 1. The minimum atomic E-state index is -0.383. The summed E-state index contributed by atoms with van der Waals surface area (Å²) >= 11 is 0. The highest BCUT2D eigenvalue weighted by Crippen LogP contribution is 2.18. The molecule has 2 rings (SSSR count). The highest BCUT2D eigenvalue weighted by Gasteiger charge is 2.22. The zero-order valence-corrected chi connectivity index (χ0v) is 13.2. The number of hydrogen-bond acceptors (Lipinski definition) is 5. The van der Waals surface area contributed by atoms with Gasteiger partial charge in [0.25, 0.3) is 0 Å². The van der Waals surface area contributed by atoms with E-state index < -0.39 is 0 Å². The minimum Gasteiger partial charge on any atom is -0.456 e. The van der Waals surface area contributed by atoms with Crippen LogP contribution < -0.4 is 11.3 Å². The third-order valence-electron chi connectivity index (χ3n) is 4.39. The Kier molecular flexibility index (Phi) is 5.39. The minimum absolute atomic E-state index is 0.281. The fourth-order valence-corrected chi connectivity index (χ4v) is 2.72. The lowest BCUT2D eigenvalue weighted by Crippen LogP contribution is -2.49. The summed E-state index contributed by atoms with van der Waals surface area (Å²) < 4.78 is 5.46. The maximum absolute atomic E-state index is 11.5. The molecule has 6 nitrogen and oxygen atoms in total. The molecule has 1 aromatic heterocycles. The highest BCUT2D eigenvalue weighted by atomic mass is 16.4. The molecule has 1 unspecified atom stereocenters. The summed E-state index contributed by atoms with van der Waals surface area (Å²) in [6, 6.07) is 2.45. The molecule has 2 heterocycles. The van der Waals surface area contributed by atoms with E-state index in [0.717, 1.165) is 44.0 Å². The van der Waals surface area contributed by atoms with Crippen molar-refractivity contribution in [3.8, 4) is 0 Å². The van der Waals surface area contributed by atoms with Crippen molar-refractivity contribution in [2.75, 3.05) is 26.2 Å². The van der Waals surface area contributed by atoms with E-state index in [9.17, 15) is 4.79 Å². The molecule has 1 fully saturated rings. The van der Waals surface area contributed by atoms with Crippen LogP contribution in [0.5, 0.6) is 0 Å². The summed E-state index contributed by atoms with van der Waals surface area (Å²) in [5.41, 5.74) is 3.16. The second kappa shape index (κ2) is 7.06. The fraction of sp³-hybridized carbons (Fsp3) is 0.667. The van der Waals surface area contributed by atoms with E-state index in [1.165, 1.54) is 6.42 Å². The standard InChI is InChI=1S/C15H26N4O2/c1-4-11(2)19-7-5-18(6-8-19)10-13-9-14(15(20)17-16)21-12(13)3/h9,11H,4-8,10,16H2,1-3H3,(H,17,20). The molecule has 0 bridgehead atoms. The Bertz CT molecular complexity index is 478. The Morgan fingerprint density at radius 3 is 2.67 bits per heavy atom. The van der Waals surface area contributed by atoms with Gasteiger partial charge in [-0.2, -0.15) is 0 Å². The summed E-state index contributed by atoms with van der Waals surface area (Å²) in [4.78, 5) is 16.4. The lowest BCUT2D eigenvalue weighted by atomic mass is 10.1. The topological polar surface area (TPSA) is 74.7 Å². The molecule has 1 saturated heterocycles. The van der Waals surface area contributed by atoms with Gasteiger partial charge in [-0.15, -0.1) is 0 Å². The average molecular weight is 294 g/mol. The van der Waals surface area contributed by atoms with Gasteiger partial charge in [-0.25, -0.2) is 5.84 Å². The van der Waals surface area contributed by atoms with Crippen molar-refractivity contribution in [2.24, 2.45) is 5.84 Å². The van der Waals surface area contributed by atoms with Gasteiger partial charge in [-0.3, -0.25) is 20.0 Å². The number of nitrogens with two attached hydrogens (primary N) is 1. The Morgan fingerprint density at radius 2 is 2.10 bits per heavy atom. The van der Waals surface area contributed by atoms with Crippen LogP contribution in [0.2, 0.25) is 0 Å². The van der Waals surface area contributed by atoms with Crippen LogP contribution in [0.3, 0.4) is 0 Å². The van der Waals surface area contributed by atoms with Gasteiger partial charge >= 0.3 is 5.91 Å². The monoisotopic (exact) mass is 294 g/mol. The van der Waals surface area contributed by atoms with E-state index in [-0.39, 0.29) is 11.7 Å². The predicted octanol–water partition coefficient (Wildman–Crippen LogP) is 1.11. The molecule has 1 aliphatic heterocycles. The number of piperazine rings is 1. The molecule has 6 heteroatoms. The van der Waals surface area contributed by atoms with Crippen LogP contribution >= 0.6 is 0 Å². The average Bonchev–Trinajstić information content (AvgIpc) is 2.87. The van der Waals surface area contributed by atoms with E-state index in [1.807, 2.05) is 6.92 Å². The molecule has 1 aliphatic rings. The van der Waals surface area contributed by atoms with Gasteiger partial charge in [-0.1, -0.05) is 6.92 Å². The van der Waals surface area contributed by atoms with Gasteiger partial charge in [0.05, 0.1) is 0 Å². The van der Waals surface area contributed by atoms with Gasteiger partial charge < -0.3 is 4.42 Å². The summed E-state index contributed by atoms with van der Waals surface area (Å²) in [6.45, 7) is 11.5. The van der Waals surface area contributed by atoms with Crippen molar-refractivity contribution >= 4 is 5.91 Å². The number of furan rings is 1. The second-order valence-corrected chi connectivity index (χ2v) is 5.73. The van der Waals surface area contributed by atoms with Crippen LogP contribution in [-0.4, -0.2) is 47.9 Å². The predicted molar refractivity (Wildman–Crippen MR) is 81.7 cm³/mol. The van der Waals surface area contributed by atoms with Crippen LogP contribution in [0.1, 0.15) is 42.1 Å². The third-order valence-corrected chi connectivity index (χ3v) is 4.39. The molecule has 0 saturated carbocycles. The number of hydrogen-bond donors (Lipinski definition) is 2. The Balaban J connectivity index is 1.92. The first-order valence-electron chi connectivity index (χ1n) is 7.61. The van der Waals surface area contributed by atoms with Gasteiger partial charge in [-0.05, 0) is 26.3 Å². The van der Waals surface area contributed by atoms with Gasteiger partial charge in [0.15, 0.2) is 5.76 Å². The fourth-order valence-electron chi connectivity index (χ4n) is 2.72. The first-order chi connectivity index (χ1) is 10.0. The largest absolute Gasteiger partial charge is 0.456 e. The zero-order chi connectivity index (χ0) is 15.4. The molecule has 118 valence electrons. The van der Waals surface area contributed by atoms with Crippen molar-refractivity contribution in [3.63, 3.8) is 0 Å². The van der Waals surface area contributed by atoms with Crippen LogP contribution in [0.25, 0.3) is 0 Å². The molecule has 1 amide bonds. The van der Waals surface area contributed by atoms with E-state index in [2.05, 4.69) is 29.1 Å². The molecule has 0 radical (unpaired) electrons. The van der Waals surface area contributed by atoms with Crippen LogP contribution in [-0.2, 0) is 6.54 Å². The lowest BCUT2D eigenvalue weighted by Gasteiger charge is -2.37. The molecule has 1 aromatic rings. The number of carbonyl (C=O) groups excluding carboxylic acids is 1. The third kappa shape index (κ3) is 3.84. The quantitative estimate of drug-likeness (QED) is 0.483. The lowest BCUT2D eigenvalue weighted by molar-refractivity contribution is 0.0924. The molecule has 0 aliphatic carbocycles. The molecule has 21 heavy (non-hydrogen) atoms. The number of nitrogens with zero attached hydrogens (tertiary/aromatic N) is 2. The Hall–Kier alpha value is -1.37. The van der Waals surface area contributed by atoms with E-state index in [0.29, 0.717) is 6.04 Å². The van der Waals surface area contributed by atoms with Crippen LogP contribution in [0.15, 0.2) is 10.5 Å². The van der Waals surface area contributed by atoms with Gasteiger partial charge in [0.1, 0.15) is 5.76 Å². The van der Waals surface area contributed by atoms with Crippen LogP contribution in [0, 0.1) is 6.92 Å². The molecule has 3 N–H and O–H groups in total. The van der Waals surface area contributed by atoms with Crippen molar-refractivity contribution in [1.29, 1.82) is 0 Å². The number of carbonyl (C=O) groups is 1. The first-order valence-corrected chi connectivity index (χ1v) is 7.61. The molecule has 1 atom stereocenters. The van der Waals surface area contributed by atoms with Crippen molar-refractivity contribution in [2.45, 2.75) is 39.8 Å². The first kappa shape index (κ1) is 16.0. The molecule has 0 aromatic carbocycles. The maximum atomic E-state index is 11.5. The highest BCUT2D eigenvalue weighted by molar-refractivity contribution is 5.91. The summed E-state index contributed by atoms with van der Waals surface area (Å²) in [5.74, 6) is 5.82. The van der Waals surface area contributed by atoms with Crippen molar-refractivity contribution in [3.05, 3.63) is 23.2 Å². The molecular formula is C15H26N4O2. The normalized spacial score (nSPS) is 18.7. The number of amides is 1. The summed E-state index contributed by atoms with van der Waals surface area (Å²) in [6.07, 6.45) is 1.19. The Morgan fingerprint density at radius 1 is 1.43 bits per heavy atom. The zero-order valence-electron chi connectivity index (χ0n) is 13.2. The second-order valence-electron chi connectivity index (χ2n) is 5.73. The number of aryl methyl sites for hydroxylation is 1. The van der Waals surface area contributed by atoms with E-state index >= 15 is 0 Å². The number of hydrazine groups is 1. The van der Waals surface area contributed by atoms with Crippen molar-refractivity contribution < 1.29 is 9.21 Å². The number of nitrogens with one attached hydrogen (secondary N) is 1. The maximum Gasteiger partial charge on any atom is 0.300 e. The van der Waals surface area contributed by atoms with Crippen LogP contribution in [0.4, 0.5) is 0 Å². The summed E-state index contributed by atoms with van der Waals surface area (Å²) in [7, 11) is 0. The van der Waals surface area contributed by atoms with E-state index in [4.69, 9.17) is 10.3 Å². The van der Waals surface area contributed by atoms with E-state index in [1.54, 1.807) is 6.07 Å². The Labute approximate surface area is 126 Å². The SMILES string of the molecule is CCC(C)N1CCN(Cc2cc(C(=O)NN)oc2C)CC1. The van der Waals surface area contributed by atoms with Gasteiger partial charge in [0.2, 0.25) is 0 Å². The summed E-state index contributed by atoms with van der Waals surface area (Å²) in [5, 5.41) is 0.